The van der Waals surface area contributed by atoms with Crippen LogP contribution in [0.2, 0.25) is 0 Å². The number of carbonyl (C=O) groups is 1. The van der Waals surface area contributed by atoms with Gasteiger partial charge in [-0.1, -0.05) is 43.9 Å². The van der Waals surface area contributed by atoms with E-state index in [1.807, 2.05) is 44.2 Å². The molecule has 19 heavy (non-hydrogen) atoms. The van der Waals surface area contributed by atoms with Crippen LogP contribution < -0.4 is 0 Å². The van der Waals surface area contributed by atoms with E-state index in [1.54, 1.807) is 0 Å². The Morgan fingerprint density at radius 1 is 1.32 bits per heavy atom. The minimum absolute atomic E-state index is 0.0556. The molecule has 0 unspecified atom stereocenters. The maximum absolute atomic E-state index is 11.6. The van der Waals surface area contributed by atoms with Crippen LogP contribution in [0.3, 0.4) is 0 Å². The van der Waals surface area contributed by atoms with E-state index in [1.165, 1.54) is 0 Å². The van der Waals surface area contributed by atoms with Crippen LogP contribution in [-0.2, 0) is 4.79 Å². The van der Waals surface area contributed by atoms with Crippen LogP contribution in [0.1, 0.15) is 38.7 Å². The molecule has 3 atom stereocenters. The zero-order valence-corrected chi connectivity index (χ0v) is 11.5. The highest BCUT2D eigenvalue weighted by atomic mass is 16.3. The fraction of sp³-hybridized carbons (Fsp3) is 0.471. The first-order chi connectivity index (χ1) is 9.06. The Kier molecular flexibility index (Phi) is 4.07. The van der Waals surface area contributed by atoms with E-state index < -0.39 is 5.60 Å². The van der Waals surface area contributed by atoms with Gasteiger partial charge in [0, 0.05) is 30.2 Å². The molecule has 1 saturated carbocycles. The summed E-state index contributed by atoms with van der Waals surface area (Å²) in [6.45, 7) is 3.92. The molecule has 1 N–H and O–H groups in total. The molecule has 1 aliphatic rings. The topological polar surface area (TPSA) is 37.3 Å². The minimum Gasteiger partial charge on any atom is -0.377 e. The Balaban J connectivity index is 2.29. The van der Waals surface area contributed by atoms with Gasteiger partial charge in [0.05, 0.1) is 0 Å². The van der Waals surface area contributed by atoms with Crippen LogP contribution in [0.15, 0.2) is 30.3 Å². The normalized spacial score (nSPS) is 30.6. The van der Waals surface area contributed by atoms with Gasteiger partial charge in [-0.3, -0.25) is 4.79 Å². The molecule has 2 heteroatoms. The van der Waals surface area contributed by atoms with Crippen molar-refractivity contribution in [1.29, 1.82) is 0 Å². The second-order valence-electron chi connectivity index (χ2n) is 5.39. The van der Waals surface area contributed by atoms with E-state index in [0.717, 1.165) is 12.0 Å². The zero-order valence-electron chi connectivity index (χ0n) is 11.5. The third-order valence-electron chi connectivity index (χ3n) is 4.06. The van der Waals surface area contributed by atoms with Crippen LogP contribution in [0.4, 0.5) is 0 Å². The van der Waals surface area contributed by atoms with Gasteiger partial charge in [-0.05, 0) is 18.6 Å². The summed E-state index contributed by atoms with van der Waals surface area (Å²) >= 11 is 0. The smallest absolute Gasteiger partial charge is 0.133 e. The third-order valence-corrected chi connectivity index (χ3v) is 4.06. The standard InChI is InChI=1S/C17H20O2/c1-3-15-12-16(18)11-13(2)17(15,19)10-9-14-7-5-4-6-8-14/h4-8,13,15,19H,3,11-12H2,1-2H3/t13-,15-,17+/m1/s1. The van der Waals surface area contributed by atoms with E-state index in [4.69, 9.17) is 0 Å². The van der Waals surface area contributed by atoms with Gasteiger partial charge in [-0.2, -0.15) is 0 Å². The van der Waals surface area contributed by atoms with Crippen molar-refractivity contribution in [3.63, 3.8) is 0 Å². The average molecular weight is 256 g/mol. The van der Waals surface area contributed by atoms with E-state index in [2.05, 4.69) is 11.8 Å². The summed E-state index contributed by atoms with van der Waals surface area (Å²) in [6.07, 6.45) is 1.65. The van der Waals surface area contributed by atoms with Gasteiger partial charge in [0.25, 0.3) is 0 Å². The average Bonchev–Trinajstić information content (AvgIpc) is 2.42. The lowest BCUT2D eigenvalue weighted by molar-refractivity contribution is -0.132. The van der Waals surface area contributed by atoms with Crippen LogP contribution in [0.25, 0.3) is 0 Å². The largest absolute Gasteiger partial charge is 0.377 e. The van der Waals surface area contributed by atoms with E-state index in [9.17, 15) is 9.90 Å². The Bertz CT molecular complexity index is 509. The van der Waals surface area contributed by atoms with Gasteiger partial charge in [0.2, 0.25) is 0 Å². The number of ketones is 1. The molecule has 1 aromatic rings. The summed E-state index contributed by atoms with van der Waals surface area (Å²) < 4.78 is 0. The molecule has 0 heterocycles. The molecule has 0 radical (unpaired) electrons. The molecule has 0 amide bonds. The molecule has 0 aliphatic heterocycles. The van der Waals surface area contributed by atoms with Crippen molar-refractivity contribution in [2.24, 2.45) is 11.8 Å². The summed E-state index contributed by atoms with van der Waals surface area (Å²) in [7, 11) is 0. The van der Waals surface area contributed by atoms with E-state index in [-0.39, 0.29) is 17.6 Å². The monoisotopic (exact) mass is 256 g/mol. The fourth-order valence-corrected chi connectivity index (χ4v) is 2.79. The first-order valence-corrected chi connectivity index (χ1v) is 6.88. The van der Waals surface area contributed by atoms with E-state index in [0.29, 0.717) is 12.8 Å². The maximum Gasteiger partial charge on any atom is 0.133 e. The Morgan fingerprint density at radius 3 is 2.63 bits per heavy atom. The Morgan fingerprint density at radius 2 is 2.00 bits per heavy atom. The number of hydrogen-bond acceptors (Lipinski definition) is 2. The van der Waals surface area contributed by atoms with Gasteiger partial charge in [-0.25, -0.2) is 0 Å². The molecule has 0 bridgehead atoms. The van der Waals surface area contributed by atoms with E-state index >= 15 is 0 Å². The molecule has 0 saturated heterocycles. The van der Waals surface area contributed by atoms with Crippen LogP contribution in [-0.4, -0.2) is 16.5 Å². The third kappa shape index (κ3) is 2.88. The molecule has 2 nitrogen and oxygen atoms in total. The van der Waals surface area contributed by atoms with Gasteiger partial charge in [-0.15, -0.1) is 0 Å². The summed E-state index contributed by atoms with van der Waals surface area (Å²) in [4.78, 5) is 11.6. The van der Waals surface area contributed by atoms with Crippen molar-refractivity contribution in [1.82, 2.24) is 0 Å². The second-order valence-corrected chi connectivity index (χ2v) is 5.39. The highest BCUT2D eigenvalue weighted by Gasteiger charge is 2.44. The zero-order chi connectivity index (χ0) is 13.9. The predicted octanol–water partition coefficient (Wildman–Crippen LogP) is 2.79. The van der Waals surface area contributed by atoms with Gasteiger partial charge in [0.15, 0.2) is 0 Å². The SMILES string of the molecule is CC[C@@H]1CC(=O)C[C@@H](C)[C@@]1(O)C#Cc1ccccc1. The fourth-order valence-electron chi connectivity index (χ4n) is 2.79. The molecular formula is C17H20O2. The van der Waals surface area contributed by atoms with Gasteiger partial charge < -0.3 is 5.11 Å². The first-order valence-electron chi connectivity index (χ1n) is 6.88. The van der Waals surface area contributed by atoms with Crippen molar-refractivity contribution in [2.45, 2.75) is 38.7 Å². The van der Waals surface area contributed by atoms with Crippen molar-refractivity contribution in [3.8, 4) is 11.8 Å². The highest BCUT2D eigenvalue weighted by molar-refractivity contribution is 5.80. The number of aliphatic hydroxyl groups is 1. The Labute approximate surface area is 114 Å². The maximum atomic E-state index is 11.6. The molecule has 0 spiro atoms. The van der Waals surface area contributed by atoms with Crippen molar-refractivity contribution >= 4 is 5.78 Å². The molecule has 1 fully saturated rings. The molecule has 1 aliphatic carbocycles. The number of Topliss-reactive ketones (excluding diaryl/α,β-unsaturated/α-hetero) is 1. The van der Waals surface area contributed by atoms with Crippen molar-refractivity contribution < 1.29 is 9.90 Å². The molecule has 0 aromatic heterocycles. The number of benzene rings is 1. The van der Waals surface area contributed by atoms with Gasteiger partial charge in [0.1, 0.15) is 11.4 Å². The lowest BCUT2D eigenvalue weighted by atomic mass is 9.68. The molecule has 1 aromatic carbocycles. The highest BCUT2D eigenvalue weighted by Crippen LogP contribution is 2.38. The van der Waals surface area contributed by atoms with Crippen LogP contribution >= 0.6 is 0 Å². The quantitative estimate of drug-likeness (QED) is 0.784. The summed E-state index contributed by atoms with van der Waals surface area (Å²) in [5, 5.41) is 10.9. The van der Waals surface area contributed by atoms with Crippen molar-refractivity contribution in [3.05, 3.63) is 35.9 Å². The molecule has 100 valence electrons. The number of carbonyl (C=O) groups excluding carboxylic acids is 1. The minimum atomic E-state index is -1.04. The lowest BCUT2D eigenvalue weighted by Gasteiger charge is -2.40. The summed E-state index contributed by atoms with van der Waals surface area (Å²) in [6, 6.07) is 9.65. The predicted molar refractivity (Wildman–Crippen MR) is 75.5 cm³/mol. The van der Waals surface area contributed by atoms with Crippen LogP contribution in [0.5, 0.6) is 0 Å². The van der Waals surface area contributed by atoms with Crippen LogP contribution in [0, 0.1) is 23.7 Å². The Hall–Kier alpha value is -1.59. The summed E-state index contributed by atoms with van der Waals surface area (Å²) in [5.41, 5.74) is -0.145. The first kappa shape index (κ1) is 13.8. The van der Waals surface area contributed by atoms with Gasteiger partial charge >= 0.3 is 0 Å². The molecular weight excluding hydrogens is 236 g/mol. The summed E-state index contributed by atoms with van der Waals surface area (Å²) in [5.74, 6) is 6.18. The number of hydrogen-bond donors (Lipinski definition) is 1. The van der Waals surface area contributed by atoms with Crippen molar-refractivity contribution in [2.75, 3.05) is 0 Å². The second kappa shape index (κ2) is 5.59. The number of rotatable bonds is 1. The lowest BCUT2D eigenvalue weighted by Crippen LogP contribution is -2.48. The molecule has 2 rings (SSSR count).